The molecule has 14 heavy (non-hydrogen) atoms. The van der Waals surface area contributed by atoms with Crippen LogP contribution in [-0.4, -0.2) is 17.4 Å². The molecule has 0 aliphatic heterocycles. The van der Waals surface area contributed by atoms with E-state index in [-0.39, 0.29) is 5.96 Å². The van der Waals surface area contributed by atoms with Gasteiger partial charge in [0.15, 0.2) is 11.1 Å². The molecule has 0 saturated carbocycles. The lowest BCUT2D eigenvalue weighted by Crippen LogP contribution is -2.23. The average molecular weight is 208 g/mol. The largest absolute Gasteiger partial charge is 0.370 e. The summed E-state index contributed by atoms with van der Waals surface area (Å²) < 4.78 is 0. The maximum atomic E-state index is 5.26. The van der Waals surface area contributed by atoms with Crippen LogP contribution in [0, 0.1) is 0 Å². The van der Waals surface area contributed by atoms with E-state index in [9.17, 15) is 0 Å². The van der Waals surface area contributed by atoms with Crippen molar-refractivity contribution in [3.8, 4) is 0 Å². The number of rotatable bonds is 1. The van der Waals surface area contributed by atoms with Crippen LogP contribution in [0.15, 0.2) is 40.3 Å². The number of nitrogens with two attached hydrogens (primary N) is 2. The molecule has 0 fully saturated rings. The Morgan fingerprint density at radius 3 is 2.36 bits per heavy atom. The van der Waals surface area contributed by atoms with Crippen LogP contribution in [0.3, 0.4) is 0 Å². The Morgan fingerprint density at radius 2 is 1.86 bits per heavy atom. The fourth-order valence-corrected chi connectivity index (χ4v) is 1.23. The van der Waals surface area contributed by atoms with Crippen LogP contribution < -0.4 is 11.5 Å². The van der Waals surface area contributed by atoms with Crippen molar-refractivity contribution >= 4 is 28.6 Å². The Labute approximate surface area is 87.1 Å². The predicted octanol–water partition coefficient (Wildman–Crippen LogP) is 1.31. The van der Waals surface area contributed by atoms with E-state index >= 15 is 0 Å². The lowest BCUT2D eigenvalue weighted by molar-refractivity contribution is 1.46. The monoisotopic (exact) mass is 208 g/mol. The zero-order valence-corrected chi connectivity index (χ0v) is 8.66. The number of guanidine groups is 1. The second kappa shape index (κ2) is 5.29. The summed E-state index contributed by atoms with van der Waals surface area (Å²) in [6, 6.07) is 9.52. The summed E-state index contributed by atoms with van der Waals surface area (Å²) in [4.78, 5) is 8.13. The van der Waals surface area contributed by atoms with Gasteiger partial charge in [0.1, 0.15) is 0 Å². The molecule has 0 amide bonds. The molecule has 5 heteroatoms. The maximum Gasteiger partial charge on any atom is 0.193 e. The molecule has 4 nitrogen and oxygen atoms in total. The van der Waals surface area contributed by atoms with Gasteiger partial charge in [0, 0.05) is 0 Å². The Morgan fingerprint density at radius 1 is 1.21 bits per heavy atom. The second-order valence-corrected chi connectivity index (χ2v) is 3.24. The first-order valence-electron chi connectivity index (χ1n) is 3.99. The molecule has 0 saturated heterocycles. The Kier molecular flexibility index (Phi) is 4.00. The van der Waals surface area contributed by atoms with Crippen molar-refractivity contribution in [1.82, 2.24) is 0 Å². The Balaban J connectivity index is 2.90. The van der Waals surface area contributed by atoms with Crippen LogP contribution in [0.5, 0.6) is 0 Å². The number of hydrogen-bond acceptors (Lipinski definition) is 2. The number of hydrogen-bond donors (Lipinski definition) is 2. The lowest BCUT2D eigenvalue weighted by atomic mass is 10.3. The fourth-order valence-electron chi connectivity index (χ4n) is 0.840. The molecule has 0 aromatic heterocycles. The minimum Gasteiger partial charge on any atom is -0.370 e. The highest BCUT2D eigenvalue weighted by atomic mass is 32.2. The van der Waals surface area contributed by atoms with E-state index in [1.807, 2.05) is 36.6 Å². The summed E-state index contributed by atoms with van der Waals surface area (Å²) in [5, 5.41) is 0.552. The summed E-state index contributed by atoms with van der Waals surface area (Å²) in [7, 11) is 0. The molecule has 0 radical (unpaired) electrons. The summed E-state index contributed by atoms with van der Waals surface area (Å²) in [5.41, 5.74) is 11.3. The average Bonchev–Trinajstić information content (AvgIpc) is 2.17. The van der Waals surface area contributed by atoms with Gasteiger partial charge in [-0.3, -0.25) is 0 Å². The van der Waals surface area contributed by atoms with Gasteiger partial charge in [-0.25, -0.2) is 4.99 Å². The van der Waals surface area contributed by atoms with E-state index in [1.54, 1.807) is 0 Å². The van der Waals surface area contributed by atoms with Gasteiger partial charge in [-0.2, -0.15) is 4.99 Å². The Bertz CT molecular complexity index is 341. The van der Waals surface area contributed by atoms with E-state index in [0.29, 0.717) is 5.17 Å². The van der Waals surface area contributed by atoms with Gasteiger partial charge in [0.05, 0.1) is 5.69 Å². The smallest absolute Gasteiger partial charge is 0.193 e. The second-order valence-electron chi connectivity index (χ2n) is 2.47. The molecular formula is C9H12N4S. The molecule has 0 aliphatic carbocycles. The van der Waals surface area contributed by atoms with E-state index in [1.165, 1.54) is 11.8 Å². The van der Waals surface area contributed by atoms with Crippen molar-refractivity contribution in [3.05, 3.63) is 30.3 Å². The normalized spacial score (nSPS) is 11.1. The first kappa shape index (κ1) is 10.6. The molecule has 1 aromatic rings. The maximum absolute atomic E-state index is 5.26. The van der Waals surface area contributed by atoms with Crippen LogP contribution in [0.1, 0.15) is 0 Å². The number of para-hydroxylation sites is 1. The summed E-state index contributed by atoms with van der Waals surface area (Å²) >= 11 is 1.40. The standard InChI is InChI=1S/C9H12N4S/c1-14-9(13-8(10)11)12-7-5-3-2-4-6-7/h2-6H,1H3,(H4,10,11,12,13). The number of thioether (sulfide) groups is 1. The summed E-state index contributed by atoms with van der Waals surface area (Å²) in [6.07, 6.45) is 1.87. The quantitative estimate of drug-likeness (QED) is 0.539. The highest BCUT2D eigenvalue weighted by Gasteiger charge is 1.95. The van der Waals surface area contributed by atoms with Gasteiger partial charge in [-0.15, -0.1) is 0 Å². The molecule has 0 unspecified atom stereocenters. The van der Waals surface area contributed by atoms with E-state index in [0.717, 1.165) is 5.69 Å². The number of nitrogens with zero attached hydrogens (tertiary/aromatic N) is 2. The highest BCUT2D eigenvalue weighted by molar-refractivity contribution is 8.13. The van der Waals surface area contributed by atoms with Crippen molar-refractivity contribution in [2.75, 3.05) is 6.26 Å². The van der Waals surface area contributed by atoms with Gasteiger partial charge in [0.2, 0.25) is 0 Å². The minimum atomic E-state index is 0.0223. The molecule has 1 aromatic carbocycles. The van der Waals surface area contributed by atoms with Crippen LogP contribution in [0.2, 0.25) is 0 Å². The van der Waals surface area contributed by atoms with E-state index < -0.39 is 0 Å². The van der Waals surface area contributed by atoms with Gasteiger partial charge in [-0.1, -0.05) is 30.0 Å². The molecule has 0 spiro atoms. The molecule has 0 aliphatic rings. The van der Waals surface area contributed by atoms with Crippen LogP contribution in [-0.2, 0) is 0 Å². The zero-order valence-electron chi connectivity index (χ0n) is 7.84. The van der Waals surface area contributed by atoms with Crippen molar-refractivity contribution < 1.29 is 0 Å². The SMILES string of the molecule is CSC(N=C(N)N)=Nc1ccccc1. The lowest BCUT2D eigenvalue weighted by Gasteiger charge is -1.97. The van der Waals surface area contributed by atoms with Gasteiger partial charge >= 0.3 is 0 Å². The first-order valence-corrected chi connectivity index (χ1v) is 5.22. The molecule has 1 rings (SSSR count). The number of aliphatic imine (C=N–C) groups is 2. The van der Waals surface area contributed by atoms with Crippen LogP contribution >= 0.6 is 11.8 Å². The molecule has 0 bridgehead atoms. The molecule has 0 atom stereocenters. The predicted molar refractivity (Wildman–Crippen MR) is 62.9 cm³/mol. The van der Waals surface area contributed by atoms with E-state index in [4.69, 9.17) is 11.5 Å². The van der Waals surface area contributed by atoms with Gasteiger partial charge in [-0.05, 0) is 18.4 Å². The topological polar surface area (TPSA) is 76.8 Å². The summed E-state index contributed by atoms with van der Waals surface area (Å²) in [5.74, 6) is 0.0223. The van der Waals surface area contributed by atoms with Gasteiger partial charge in [0.25, 0.3) is 0 Å². The third kappa shape index (κ3) is 3.49. The molecule has 0 heterocycles. The highest BCUT2D eigenvalue weighted by Crippen LogP contribution is 2.13. The third-order valence-electron chi connectivity index (χ3n) is 1.39. The van der Waals surface area contributed by atoms with Crippen molar-refractivity contribution in [2.24, 2.45) is 21.5 Å². The van der Waals surface area contributed by atoms with Gasteiger partial charge < -0.3 is 11.5 Å². The van der Waals surface area contributed by atoms with Crippen LogP contribution in [0.4, 0.5) is 5.69 Å². The molecule has 74 valence electrons. The Hall–Kier alpha value is -1.49. The van der Waals surface area contributed by atoms with Crippen molar-refractivity contribution in [3.63, 3.8) is 0 Å². The van der Waals surface area contributed by atoms with E-state index in [2.05, 4.69) is 9.98 Å². The zero-order chi connectivity index (χ0) is 10.4. The van der Waals surface area contributed by atoms with Crippen LogP contribution in [0.25, 0.3) is 0 Å². The molecule has 4 N–H and O–H groups in total. The summed E-state index contributed by atoms with van der Waals surface area (Å²) in [6.45, 7) is 0. The number of amidine groups is 1. The van der Waals surface area contributed by atoms with Crippen molar-refractivity contribution in [1.29, 1.82) is 0 Å². The molecular weight excluding hydrogens is 196 g/mol. The third-order valence-corrected chi connectivity index (χ3v) is 1.94. The number of benzene rings is 1. The first-order chi connectivity index (χ1) is 6.72. The fraction of sp³-hybridized carbons (Fsp3) is 0.111. The minimum absolute atomic E-state index is 0.0223. The van der Waals surface area contributed by atoms with Crippen molar-refractivity contribution in [2.45, 2.75) is 0 Å².